The fourth-order valence-corrected chi connectivity index (χ4v) is 5.87. The predicted octanol–water partition coefficient (Wildman–Crippen LogP) is 6.24. The van der Waals surface area contributed by atoms with E-state index in [0.29, 0.717) is 10.5 Å². The number of rotatable bonds is 10. The zero-order valence-corrected chi connectivity index (χ0v) is 30.4. The summed E-state index contributed by atoms with van der Waals surface area (Å²) in [5.74, 6) is -2.58. The highest BCUT2D eigenvalue weighted by Gasteiger charge is 2.50. The monoisotopic (exact) mass is 725 g/mol. The number of hydrogen-bond acceptors (Lipinski definition) is 13. The van der Waals surface area contributed by atoms with E-state index >= 15 is 4.39 Å². The van der Waals surface area contributed by atoms with Gasteiger partial charge in [0.2, 0.25) is 10.9 Å². The molecule has 5 atom stereocenters. The van der Waals surface area contributed by atoms with E-state index in [1.807, 2.05) is 5.38 Å². The minimum atomic E-state index is -1.98. The lowest BCUT2D eigenvalue weighted by molar-refractivity contribution is -0.182. The number of carbonyl (C=O) groups is 4. The van der Waals surface area contributed by atoms with Gasteiger partial charge in [-0.05, 0) is 89.4 Å². The highest BCUT2D eigenvalue weighted by molar-refractivity contribution is 7.07. The van der Waals surface area contributed by atoms with Crippen molar-refractivity contribution >= 4 is 63.9 Å². The van der Waals surface area contributed by atoms with Gasteiger partial charge in [0.25, 0.3) is 0 Å². The molecule has 0 spiro atoms. The van der Waals surface area contributed by atoms with Crippen LogP contribution in [0.3, 0.4) is 0 Å². The lowest BCUT2D eigenvalue weighted by Crippen LogP contribution is -2.52. The van der Waals surface area contributed by atoms with E-state index in [9.17, 15) is 19.2 Å². The maximum atomic E-state index is 16.1. The van der Waals surface area contributed by atoms with Gasteiger partial charge < -0.3 is 23.7 Å². The molecule has 14 nitrogen and oxygen atoms in total. The summed E-state index contributed by atoms with van der Waals surface area (Å²) in [7, 11) is 0. The molecule has 0 N–H and O–H groups in total. The summed E-state index contributed by atoms with van der Waals surface area (Å²) in [6, 6.07) is 1.77. The normalized spacial score (nSPS) is 20.9. The van der Waals surface area contributed by atoms with Crippen LogP contribution in [0.2, 0.25) is 5.28 Å². The first-order valence-electron chi connectivity index (χ1n) is 15.6. The van der Waals surface area contributed by atoms with E-state index in [1.54, 1.807) is 66.8 Å². The first-order valence-corrected chi connectivity index (χ1v) is 16.9. The molecule has 4 heterocycles. The van der Waals surface area contributed by atoms with Crippen molar-refractivity contribution in [2.24, 2.45) is 5.92 Å². The summed E-state index contributed by atoms with van der Waals surface area (Å²) >= 11 is 7.69. The van der Waals surface area contributed by atoms with Crippen LogP contribution in [0.4, 0.5) is 19.8 Å². The van der Waals surface area contributed by atoms with Gasteiger partial charge in [-0.3, -0.25) is 9.36 Å². The molecule has 0 saturated carbocycles. The summed E-state index contributed by atoms with van der Waals surface area (Å²) in [6.07, 6.45) is -5.04. The average molecular weight is 726 g/mol. The molecule has 1 aliphatic heterocycles. The number of thiophene rings is 1. The predicted molar refractivity (Wildman–Crippen MR) is 177 cm³/mol. The summed E-state index contributed by atoms with van der Waals surface area (Å²) in [4.78, 5) is 66.0. The fraction of sp³-hybridized carbons (Fsp3) is 0.594. The van der Waals surface area contributed by atoms with Crippen LogP contribution >= 0.6 is 22.9 Å². The number of hydrogen-bond donors (Lipinski definition) is 0. The van der Waals surface area contributed by atoms with E-state index in [0.717, 1.165) is 0 Å². The Morgan fingerprint density at radius 2 is 1.71 bits per heavy atom. The van der Waals surface area contributed by atoms with Crippen molar-refractivity contribution in [3.05, 3.63) is 34.0 Å². The Balaban J connectivity index is 1.68. The number of aromatic nitrogens is 4. The number of halogens is 2. The van der Waals surface area contributed by atoms with Crippen molar-refractivity contribution in [1.82, 2.24) is 19.5 Å². The van der Waals surface area contributed by atoms with Crippen LogP contribution in [0.25, 0.3) is 11.2 Å². The second-order valence-electron chi connectivity index (χ2n) is 13.5. The molecule has 1 saturated heterocycles. The highest BCUT2D eigenvalue weighted by Crippen LogP contribution is 2.39. The van der Waals surface area contributed by atoms with E-state index in [2.05, 4.69) is 15.0 Å². The van der Waals surface area contributed by atoms with E-state index < -0.39 is 70.4 Å². The summed E-state index contributed by atoms with van der Waals surface area (Å²) in [5.41, 5.74) is -3.45. The number of imidazole rings is 1. The maximum Gasteiger partial charge on any atom is 0.425 e. The lowest BCUT2D eigenvalue weighted by atomic mass is 9.91. The van der Waals surface area contributed by atoms with Crippen LogP contribution in [0.15, 0.2) is 23.2 Å². The summed E-state index contributed by atoms with van der Waals surface area (Å²) in [6.45, 7) is 13.8. The van der Waals surface area contributed by atoms with Gasteiger partial charge in [-0.1, -0.05) is 6.92 Å². The average Bonchev–Trinajstić information content (AvgIpc) is 3.69. The molecule has 2 amide bonds. The van der Waals surface area contributed by atoms with Crippen molar-refractivity contribution < 1.29 is 47.3 Å². The van der Waals surface area contributed by atoms with Crippen molar-refractivity contribution in [2.75, 3.05) is 18.1 Å². The van der Waals surface area contributed by atoms with Gasteiger partial charge in [0, 0.05) is 12.3 Å². The summed E-state index contributed by atoms with van der Waals surface area (Å²) < 4.78 is 45.6. The number of anilines is 1. The minimum Gasteiger partial charge on any atom is -0.463 e. The van der Waals surface area contributed by atoms with Crippen LogP contribution in [0.5, 0.6) is 0 Å². The third-order valence-electron chi connectivity index (χ3n) is 7.39. The smallest absolute Gasteiger partial charge is 0.425 e. The summed E-state index contributed by atoms with van der Waals surface area (Å²) in [5, 5.41) is 3.21. The molecule has 3 aromatic rings. The molecule has 0 aliphatic carbocycles. The molecule has 3 aromatic heterocycles. The molecule has 49 heavy (non-hydrogen) atoms. The van der Waals surface area contributed by atoms with Gasteiger partial charge in [0.15, 0.2) is 35.2 Å². The molecule has 0 aromatic carbocycles. The zero-order valence-electron chi connectivity index (χ0n) is 28.8. The topological polar surface area (TPSA) is 161 Å². The Labute approximate surface area is 292 Å². The van der Waals surface area contributed by atoms with E-state index in [-0.39, 0.29) is 36.6 Å². The number of carbonyl (C=O) groups excluding carboxylic acids is 4. The SMILES string of the molecule is CCOC(=O)C(Cc1ccsc1)(OC[C@H]1O[C@@H](n2cnc3c(N(C(=O)OC(C)(C)C)C(=O)OC(C)(C)C)nc(Cl)nc32)[C@@H](F)[C@@H]1C)C(C)=O. The number of amides is 2. The van der Waals surface area contributed by atoms with Gasteiger partial charge in [-0.25, -0.2) is 23.8 Å². The number of alkyl halides is 1. The molecule has 0 bridgehead atoms. The number of ether oxygens (including phenoxy) is 5. The van der Waals surface area contributed by atoms with Gasteiger partial charge in [0.05, 0.1) is 25.6 Å². The number of ketones is 1. The van der Waals surface area contributed by atoms with Crippen molar-refractivity contribution in [3.8, 4) is 0 Å². The molecule has 4 rings (SSSR count). The van der Waals surface area contributed by atoms with Crippen LogP contribution < -0.4 is 4.90 Å². The van der Waals surface area contributed by atoms with Crippen LogP contribution in [0, 0.1) is 5.92 Å². The Morgan fingerprint density at radius 3 is 2.24 bits per heavy atom. The van der Waals surface area contributed by atoms with Gasteiger partial charge >= 0.3 is 18.2 Å². The molecule has 17 heteroatoms. The van der Waals surface area contributed by atoms with Gasteiger partial charge in [-0.15, -0.1) is 0 Å². The second kappa shape index (κ2) is 14.6. The Kier molecular flexibility index (Phi) is 11.4. The molecular formula is C32H41ClFN5O9S. The Bertz CT molecular complexity index is 1660. The van der Waals surface area contributed by atoms with Gasteiger partial charge in [0.1, 0.15) is 11.2 Å². The van der Waals surface area contributed by atoms with Gasteiger partial charge in [-0.2, -0.15) is 26.2 Å². The first kappa shape index (κ1) is 38.1. The molecule has 1 fully saturated rings. The van der Waals surface area contributed by atoms with Crippen molar-refractivity contribution in [3.63, 3.8) is 0 Å². The molecule has 1 unspecified atom stereocenters. The molecule has 1 aliphatic rings. The number of Topliss-reactive ketones (excluding diaryl/α,β-unsaturated/α-hetero) is 1. The molecule has 0 radical (unpaired) electrons. The number of esters is 1. The lowest BCUT2D eigenvalue weighted by Gasteiger charge is -2.30. The largest absolute Gasteiger partial charge is 0.463 e. The second-order valence-corrected chi connectivity index (χ2v) is 14.6. The molecule has 268 valence electrons. The minimum absolute atomic E-state index is 0.0191. The van der Waals surface area contributed by atoms with Crippen molar-refractivity contribution in [1.29, 1.82) is 0 Å². The zero-order chi connectivity index (χ0) is 36.5. The van der Waals surface area contributed by atoms with Crippen LogP contribution in [-0.4, -0.2) is 85.8 Å². The van der Waals surface area contributed by atoms with Crippen LogP contribution in [-0.2, 0) is 39.7 Å². The quantitative estimate of drug-likeness (QED) is 0.100. The van der Waals surface area contributed by atoms with E-state index in [1.165, 1.54) is 29.2 Å². The highest BCUT2D eigenvalue weighted by atomic mass is 35.5. The third-order valence-corrected chi connectivity index (χ3v) is 8.29. The van der Waals surface area contributed by atoms with Crippen molar-refractivity contribution in [2.45, 2.75) is 104 Å². The van der Waals surface area contributed by atoms with Crippen LogP contribution in [0.1, 0.15) is 74.1 Å². The maximum absolute atomic E-state index is 16.1. The fourth-order valence-electron chi connectivity index (χ4n) is 5.04. The molecular weight excluding hydrogens is 685 g/mol. The standard InChI is InChI=1S/C32H41ClFN5O9S/c1-10-44-26(41)32(18(3)40,13-19-11-12-49-15-19)45-14-20-17(2)21(34)25(46-20)38-16-35-22-23(38)36-27(33)37-24(22)39(28(42)47-30(4,5)6)29(43)48-31(7,8)9/h11-12,15-17,20-21,25H,10,13-14H2,1-9H3/t17-,20-,21+,25-,32?/m1/s1. The Morgan fingerprint density at radius 1 is 1.08 bits per heavy atom. The van der Waals surface area contributed by atoms with E-state index in [4.69, 9.17) is 35.3 Å². The number of nitrogens with zero attached hydrogens (tertiary/aromatic N) is 5. The third kappa shape index (κ3) is 8.53. The Hall–Kier alpha value is -3.73. The number of fused-ring (bicyclic) bond motifs is 1. The first-order chi connectivity index (χ1) is 22.8. The number of imide groups is 1.